The molecule has 6 N–H and O–H groups in total. The van der Waals surface area contributed by atoms with Crippen molar-refractivity contribution in [1.29, 1.82) is 0 Å². The maximum Gasteiger partial charge on any atom is 0.322 e. The summed E-state index contributed by atoms with van der Waals surface area (Å²) in [7, 11) is 0. The molecule has 0 aliphatic carbocycles. The van der Waals surface area contributed by atoms with Crippen LogP contribution in [-0.2, 0) is 19.2 Å². The number of rotatable bonds is 12. The molecule has 0 heterocycles. The van der Waals surface area contributed by atoms with Gasteiger partial charge < -0.3 is 31.5 Å². The number of nitrogens with zero attached hydrogens (tertiary/aromatic N) is 1. The molecule has 0 aliphatic heterocycles. The first-order valence-electron chi connectivity index (χ1n) is 8.31. The highest BCUT2D eigenvalue weighted by atomic mass is 32.2. The second-order valence-corrected chi connectivity index (χ2v) is 7.12. The molecular formula is C15H26N4O6S2. The molecule has 0 aromatic carbocycles. The van der Waals surface area contributed by atoms with Crippen LogP contribution in [0.1, 0.15) is 26.7 Å². The molecule has 0 bridgehead atoms. The van der Waals surface area contributed by atoms with Crippen molar-refractivity contribution in [3.63, 3.8) is 0 Å². The molecule has 0 spiro atoms. The van der Waals surface area contributed by atoms with Gasteiger partial charge in [-0.15, -0.1) is 0 Å². The number of hydrogen-bond donors (Lipinski definition) is 5. The van der Waals surface area contributed by atoms with E-state index in [2.05, 4.69) is 10.6 Å². The quantitative estimate of drug-likeness (QED) is 0.252. The molecule has 0 rings (SSSR count). The number of carbonyl (C=O) groups excluding carboxylic acids is 2. The summed E-state index contributed by atoms with van der Waals surface area (Å²) in [5, 5.41) is 22.1. The number of thiocarbonyl (C=S) groups is 1. The van der Waals surface area contributed by atoms with Crippen LogP contribution in [0, 0.1) is 0 Å². The number of thioether (sulfide) groups is 1. The predicted molar refractivity (Wildman–Crippen MR) is 105 cm³/mol. The Kier molecular flexibility index (Phi) is 12.3. The summed E-state index contributed by atoms with van der Waals surface area (Å²) in [5.41, 5.74) is 5.35. The van der Waals surface area contributed by atoms with Gasteiger partial charge in [-0.1, -0.05) is 24.0 Å². The lowest BCUT2D eigenvalue weighted by Gasteiger charge is -2.23. The van der Waals surface area contributed by atoms with Crippen LogP contribution in [0.2, 0.25) is 0 Å². The van der Waals surface area contributed by atoms with Crippen molar-refractivity contribution in [2.45, 2.75) is 38.8 Å². The lowest BCUT2D eigenvalue weighted by molar-refractivity contribution is -0.139. The van der Waals surface area contributed by atoms with Crippen molar-refractivity contribution in [3.8, 4) is 0 Å². The van der Waals surface area contributed by atoms with Crippen LogP contribution in [0.4, 0.5) is 0 Å². The van der Waals surface area contributed by atoms with Crippen LogP contribution < -0.4 is 16.4 Å². The topological polar surface area (TPSA) is 162 Å². The third kappa shape index (κ3) is 10.7. The Balaban J connectivity index is 4.84. The Morgan fingerprint density at radius 3 is 2.26 bits per heavy atom. The number of nitrogens with one attached hydrogen (secondary N) is 2. The Morgan fingerprint density at radius 1 is 1.19 bits per heavy atom. The third-order valence-electron chi connectivity index (χ3n) is 3.46. The second kappa shape index (κ2) is 13.3. The molecule has 0 aromatic heterocycles. The SMILES string of the molecule is CCN(CC)C(=S)SC[C@H](NC(=O)CC[C@H](N)C(=O)O)C(=O)NCC(=O)O. The van der Waals surface area contributed by atoms with Crippen LogP contribution in [-0.4, -0.2) is 80.7 Å². The zero-order chi connectivity index (χ0) is 21.0. The number of amides is 2. The van der Waals surface area contributed by atoms with E-state index in [-0.39, 0.29) is 18.6 Å². The maximum atomic E-state index is 12.2. The molecule has 0 saturated carbocycles. The highest BCUT2D eigenvalue weighted by Crippen LogP contribution is 2.11. The van der Waals surface area contributed by atoms with E-state index >= 15 is 0 Å². The minimum absolute atomic E-state index is 0.0877. The van der Waals surface area contributed by atoms with Gasteiger partial charge in [-0.05, 0) is 20.3 Å². The van der Waals surface area contributed by atoms with Crippen molar-refractivity contribution in [1.82, 2.24) is 15.5 Å². The fourth-order valence-electron chi connectivity index (χ4n) is 1.87. The van der Waals surface area contributed by atoms with E-state index in [9.17, 15) is 19.2 Å². The highest BCUT2D eigenvalue weighted by molar-refractivity contribution is 8.22. The van der Waals surface area contributed by atoms with Gasteiger partial charge in [-0.3, -0.25) is 19.2 Å². The number of aliphatic carboxylic acids is 2. The van der Waals surface area contributed by atoms with Crippen molar-refractivity contribution in [2.75, 3.05) is 25.4 Å². The summed E-state index contributed by atoms with van der Waals surface area (Å²) >= 11 is 6.47. The third-order valence-corrected chi connectivity index (χ3v) is 5.08. The van der Waals surface area contributed by atoms with E-state index in [1.807, 2.05) is 18.7 Å². The van der Waals surface area contributed by atoms with Gasteiger partial charge in [-0.25, -0.2) is 0 Å². The lowest BCUT2D eigenvalue weighted by atomic mass is 10.1. The number of nitrogens with two attached hydrogens (primary N) is 1. The van der Waals surface area contributed by atoms with Gasteiger partial charge in [0.2, 0.25) is 11.8 Å². The average Bonchev–Trinajstić information content (AvgIpc) is 2.61. The molecule has 2 atom stereocenters. The Bertz CT molecular complexity index is 556. The van der Waals surface area contributed by atoms with Crippen LogP contribution >= 0.6 is 24.0 Å². The lowest BCUT2D eigenvalue weighted by Crippen LogP contribution is -2.50. The molecule has 154 valence electrons. The minimum Gasteiger partial charge on any atom is -0.480 e. The average molecular weight is 423 g/mol. The van der Waals surface area contributed by atoms with Gasteiger partial charge in [0, 0.05) is 25.3 Å². The van der Waals surface area contributed by atoms with Crippen molar-refractivity contribution in [3.05, 3.63) is 0 Å². The number of carboxylic acid groups (broad SMARTS) is 2. The number of hydrogen-bond acceptors (Lipinski definition) is 7. The number of carbonyl (C=O) groups is 4. The first-order chi connectivity index (χ1) is 12.6. The summed E-state index contributed by atoms with van der Waals surface area (Å²) in [6.45, 7) is 4.66. The zero-order valence-corrected chi connectivity index (χ0v) is 16.9. The first kappa shape index (κ1) is 25.1. The maximum absolute atomic E-state index is 12.2. The van der Waals surface area contributed by atoms with Gasteiger partial charge >= 0.3 is 11.9 Å². The molecule has 0 unspecified atom stereocenters. The molecular weight excluding hydrogens is 396 g/mol. The summed E-state index contributed by atoms with van der Waals surface area (Å²) in [4.78, 5) is 47.4. The molecule has 2 amide bonds. The van der Waals surface area contributed by atoms with Crippen molar-refractivity contribution in [2.24, 2.45) is 5.73 Å². The van der Waals surface area contributed by atoms with Gasteiger partial charge in [0.1, 0.15) is 22.9 Å². The second-order valence-electron chi connectivity index (χ2n) is 5.46. The normalized spacial score (nSPS) is 12.6. The van der Waals surface area contributed by atoms with E-state index in [4.69, 9.17) is 28.2 Å². The van der Waals surface area contributed by atoms with Crippen LogP contribution in [0.5, 0.6) is 0 Å². The van der Waals surface area contributed by atoms with Gasteiger partial charge in [0.25, 0.3) is 0 Å². The highest BCUT2D eigenvalue weighted by Gasteiger charge is 2.23. The van der Waals surface area contributed by atoms with Crippen LogP contribution in [0.25, 0.3) is 0 Å². The Morgan fingerprint density at radius 2 is 1.78 bits per heavy atom. The van der Waals surface area contributed by atoms with Gasteiger partial charge in [-0.2, -0.15) is 0 Å². The molecule has 0 radical (unpaired) electrons. The van der Waals surface area contributed by atoms with Gasteiger partial charge in [0.05, 0.1) is 0 Å². The fraction of sp³-hybridized carbons (Fsp3) is 0.667. The molecule has 0 aromatic rings. The van der Waals surface area contributed by atoms with Gasteiger partial charge in [0.15, 0.2) is 0 Å². The van der Waals surface area contributed by atoms with E-state index in [1.54, 1.807) is 0 Å². The van der Waals surface area contributed by atoms with Crippen molar-refractivity contribution >= 4 is 52.1 Å². The number of carboxylic acids is 2. The summed E-state index contributed by atoms with van der Waals surface area (Å²) in [6.07, 6.45) is -0.267. The largest absolute Gasteiger partial charge is 0.480 e. The smallest absolute Gasteiger partial charge is 0.322 e. The molecule has 27 heavy (non-hydrogen) atoms. The molecule has 0 fully saturated rings. The van der Waals surface area contributed by atoms with E-state index in [0.29, 0.717) is 17.4 Å². The Labute approximate surface area is 167 Å². The predicted octanol–water partition coefficient (Wildman–Crippen LogP) is -0.776. The van der Waals surface area contributed by atoms with Crippen LogP contribution in [0.3, 0.4) is 0 Å². The van der Waals surface area contributed by atoms with E-state index < -0.39 is 42.4 Å². The minimum atomic E-state index is -1.22. The molecule has 0 saturated heterocycles. The Hall–Kier alpha value is -1.92. The summed E-state index contributed by atoms with van der Waals surface area (Å²) < 4.78 is 0.554. The molecule has 10 nitrogen and oxygen atoms in total. The van der Waals surface area contributed by atoms with Crippen molar-refractivity contribution < 1.29 is 29.4 Å². The molecule has 0 aliphatic rings. The zero-order valence-electron chi connectivity index (χ0n) is 15.3. The molecule has 12 heteroatoms. The monoisotopic (exact) mass is 422 g/mol. The standard InChI is InChI=1S/C15H26N4O6S2/c1-3-19(4-2)15(26)27-8-10(13(23)17-7-12(21)22)18-11(20)6-5-9(16)14(24)25/h9-10H,3-8,16H2,1-2H3,(H,17,23)(H,18,20)(H,21,22)(H,24,25)/t9-,10-/m0/s1. The first-order valence-corrected chi connectivity index (χ1v) is 9.70. The summed E-state index contributed by atoms with van der Waals surface area (Å²) in [6, 6.07) is -2.20. The van der Waals surface area contributed by atoms with E-state index in [0.717, 1.165) is 0 Å². The van der Waals surface area contributed by atoms with E-state index in [1.165, 1.54) is 11.8 Å². The summed E-state index contributed by atoms with van der Waals surface area (Å²) in [5.74, 6) is -3.55. The fourth-order valence-corrected chi connectivity index (χ4v) is 3.32. The van der Waals surface area contributed by atoms with Crippen LogP contribution in [0.15, 0.2) is 0 Å².